The third-order valence-corrected chi connectivity index (χ3v) is 3.90. The Morgan fingerprint density at radius 1 is 1.16 bits per heavy atom. The van der Waals surface area contributed by atoms with E-state index in [9.17, 15) is 4.79 Å². The van der Waals surface area contributed by atoms with E-state index in [0.29, 0.717) is 25.4 Å². The van der Waals surface area contributed by atoms with Gasteiger partial charge in [-0.3, -0.25) is 0 Å². The summed E-state index contributed by atoms with van der Waals surface area (Å²) >= 11 is 0. The second-order valence-corrected chi connectivity index (χ2v) is 5.76. The summed E-state index contributed by atoms with van der Waals surface area (Å²) in [6, 6.07) is 13.0. The summed E-state index contributed by atoms with van der Waals surface area (Å²) in [6.07, 6.45) is 3.60. The van der Waals surface area contributed by atoms with E-state index >= 15 is 0 Å². The number of hydrogen-bond acceptors (Lipinski definition) is 4. The molecule has 0 radical (unpaired) electrons. The number of amides is 2. The van der Waals surface area contributed by atoms with Crippen molar-refractivity contribution in [3.05, 3.63) is 60.6 Å². The smallest absolute Gasteiger partial charge is 0.315 e. The molecule has 3 heterocycles. The second kappa shape index (κ2) is 6.72. The van der Waals surface area contributed by atoms with Gasteiger partial charge in [-0.2, -0.15) is 0 Å². The first kappa shape index (κ1) is 15.3. The molecule has 7 nitrogen and oxygen atoms in total. The van der Waals surface area contributed by atoms with Crippen LogP contribution >= 0.6 is 0 Å². The highest BCUT2D eigenvalue weighted by Crippen LogP contribution is 2.30. The van der Waals surface area contributed by atoms with E-state index in [1.165, 1.54) is 0 Å². The third kappa shape index (κ3) is 3.50. The van der Waals surface area contributed by atoms with Crippen molar-refractivity contribution in [1.29, 1.82) is 0 Å². The molecule has 2 amide bonds. The first-order valence-electron chi connectivity index (χ1n) is 8.11. The van der Waals surface area contributed by atoms with Crippen LogP contribution in [0.25, 0.3) is 5.65 Å². The minimum absolute atomic E-state index is 0.212. The molecule has 1 aromatic carbocycles. The lowest BCUT2D eigenvalue weighted by atomic mass is 10.2. The molecular weight excluding hydrogens is 320 g/mol. The molecule has 25 heavy (non-hydrogen) atoms. The molecule has 1 unspecified atom stereocenters. The highest BCUT2D eigenvalue weighted by molar-refractivity contribution is 5.73. The number of carbonyl (C=O) groups excluding carboxylic acids is 1. The molecule has 0 spiro atoms. The van der Waals surface area contributed by atoms with Crippen LogP contribution in [0.5, 0.6) is 11.5 Å². The van der Waals surface area contributed by atoms with Crippen LogP contribution < -0.4 is 20.1 Å². The van der Waals surface area contributed by atoms with Crippen LogP contribution in [-0.4, -0.2) is 34.7 Å². The molecular formula is C18H18N4O3. The molecule has 1 aliphatic heterocycles. The Morgan fingerprint density at radius 2 is 2.00 bits per heavy atom. The van der Waals surface area contributed by atoms with Gasteiger partial charge in [0.05, 0.1) is 18.8 Å². The van der Waals surface area contributed by atoms with Gasteiger partial charge in [-0.15, -0.1) is 0 Å². The zero-order chi connectivity index (χ0) is 17.1. The van der Waals surface area contributed by atoms with Gasteiger partial charge in [0, 0.05) is 12.4 Å². The minimum Gasteiger partial charge on any atom is -0.486 e. The van der Waals surface area contributed by atoms with Crippen molar-refractivity contribution in [3.63, 3.8) is 0 Å². The number of carbonyl (C=O) groups is 1. The average molecular weight is 338 g/mol. The first-order chi connectivity index (χ1) is 12.3. The van der Waals surface area contributed by atoms with Crippen molar-refractivity contribution in [3.8, 4) is 11.5 Å². The number of pyridine rings is 1. The zero-order valence-corrected chi connectivity index (χ0v) is 13.5. The Hall–Kier alpha value is -3.22. The van der Waals surface area contributed by atoms with Gasteiger partial charge in [0.1, 0.15) is 12.3 Å². The first-order valence-corrected chi connectivity index (χ1v) is 8.11. The van der Waals surface area contributed by atoms with E-state index in [1.807, 2.05) is 59.3 Å². The number of nitrogens with zero attached hydrogens (tertiary/aromatic N) is 2. The van der Waals surface area contributed by atoms with Crippen LogP contribution in [0.3, 0.4) is 0 Å². The van der Waals surface area contributed by atoms with E-state index in [4.69, 9.17) is 9.47 Å². The van der Waals surface area contributed by atoms with Crippen LogP contribution in [0.1, 0.15) is 5.69 Å². The van der Waals surface area contributed by atoms with E-state index in [-0.39, 0.29) is 12.1 Å². The third-order valence-electron chi connectivity index (χ3n) is 3.90. The zero-order valence-electron chi connectivity index (χ0n) is 13.5. The Labute approximate surface area is 144 Å². The van der Waals surface area contributed by atoms with Gasteiger partial charge in [-0.25, -0.2) is 9.78 Å². The molecule has 2 aromatic heterocycles. The van der Waals surface area contributed by atoms with Crippen molar-refractivity contribution < 1.29 is 14.3 Å². The van der Waals surface area contributed by atoms with Gasteiger partial charge in [0.15, 0.2) is 17.6 Å². The summed E-state index contributed by atoms with van der Waals surface area (Å²) in [4.78, 5) is 16.4. The van der Waals surface area contributed by atoms with Gasteiger partial charge in [-0.1, -0.05) is 18.2 Å². The molecule has 1 aliphatic rings. The molecule has 0 fully saturated rings. The van der Waals surface area contributed by atoms with Crippen molar-refractivity contribution in [2.75, 3.05) is 13.2 Å². The summed E-state index contributed by atoms with van der Waals surface area (Å²) in [7, 11) is 0. The molecule has 128 valence electrons. The molecule has 4 rings (SSSR count). The lowest BCUT2D eigenvalue weighted by Gasteiger charge is -2.26. The van der Waals surface area contributed by atoms with Crippen molar-refractivity contribution >= 4 is 11.7 Å². The molecule has 2 N–H and O–H groups in total. The summed E-state index contributed by atoms with van der Waals surface area (Å²) < 4.78 is 13.3. The molecule has 3 aromatic rings. The number of nitrogens with one attached hydrogen (secondary N) is 2. The highest BCUT2D eigenvalue weighted by Gasteiger charge is 2.20. The molecule has 0 bridgehead atoms. The molecule has 0 saturated heterocycles. The maximum absolute atomic E-state index is 12.0. The fraction of sp³-hybridized carbons (Fsp3) is 0.222. The lowest BCUT2D eigenvalue weighted by molar-refractivity contribution is 0.0918. The molecule has 0 aliphatic carbocycles. The fourth-order valence-corrected chi connectivity index (χ4v) is 2.68. The van der Waals surface area contributed by atoms with Crippen molar-refractivity contribution in [1.82, 2.24) is 20.0 Å². The standard InChI is InChI=1S/C18H18N4O3/c23-18(19-9-13-11-22-8-4-3-7-17(22)21-13)20-10-14-12-24-15-5-1-2-6-16(15)25-14/h1-8,11,14H,9-10,12H2,(H2,19,20,23). The number of rotatable bonds is 4. The largest absolute Gasteiger partial charge is 0.486 e. The quantitative estimate of drug-likeness (QED) is 0.762. The minimum atomic E-state index is -0.264. The van der Waals surface area contributed by atoms with Gasteiger partial charge in [-0.05, 0) is 24.3 Å². The molecule has 0 saturated carbocycles. The van der Waals surface area contributed by atoms with E-state index in [2.05, 4.69) is 15.6 Å². The highest BCUT2D eigenvalue weighted by atomic mass is 16.6. The van der Waals surface area contributed by atoms with Gasteiger partial charge in [0.2, 0.25) is 0 Å². The predicted molar refractivity (Wildman–Crippen MR) is 91.8 cm³/mol. The average Bonchev–Trinajstić information content (AvgIpc) is 3.07. The summed E-state index contributed by atoms with van der Waals surface area (Å²) in [5, 5.41) is 5.59. The Balaban J connectivity index is 1.25. The maximum Gasteiger partial charge on any atom is 0.315 e. The van der Waals surface area contributed by atoms with E-state index < -0.39 is 0 Å². The lowest BCUT2D eigenvalue weighted by Crippen LogP contribution is -2.44. The number of urea groups is 1. The van der Waals surface area contributed by atoms with Crippen molar-refractivity contribution in [2.45, 2.75) is 12.6 Å². The van der Waals surface area contributed by atoms with Gasteiger partial charge >= 0.3 is 6.03 Å². The van der Waals surface area contributed by atoms with Crippen LogP contribution in [0.4, 0.5) is 4.79 Å². The van der Waals surface area contributed by atoms with E-state index in [1.54, 1.807) is 0 Å². The van der Waals surface area contributed by atoms with Crippen LogP contribution in [0.15, 0.2) is 54.9 Å². The van der Waals surface area contributed by atoms with Crippen LogP contribution in [0.2, 0.25) is 0 Å². The normalized spacial score (nSPS) is 15.8. The van der Waals surface area contributed by atoms with Crippen molar-refractivity contribution in [2.24, 2.45) is 0 Å². The monoisotopic (exact) mass is 338 g/mol. The van der Waals surface area contributed by atoms with Gasteiger partial charge < -0.3 is 24.5 Å². The summed E-state index contributed by atoms with van der Waals surface area (Å²) in [5.74, 6) is 1.43. The number of hydrogen-bond donors (Lipinski definition) is 2. The Kier molecular flexibility index (Phi) is 4.12. The Morgan fingerprint density at radius 3 is 2.88 bits per heavy atom. The number of benzene rings is 1. The maximum atomic E-state index is 12.0. The number of aromatic nitrogens is 2. The number of ether oxygens (including phenoxy) is 2. The second-order valence-electron chi connectivity index (χ2n) is 5.76. The number of para-hydroxylation sites is 2. The summed E-state index contributed by atoms with van der Waals surface area (Å²) in [6.45, 7) is 1.13. The van der Waals surface area contributed by atoms with Gasteiger partial charge in [0.25, 0.3) is 0 Å². The molecule has 7 heteroatoms. The fourth-order valence-electron chi connectivity index (χ4n) is 2.68. The SMILES string of the molecule is O=C(NCc1cn2ccccc2n1)NCC1COc2ccccc2O1. The predicted octanol–water partition coefficient (Wildman–Crippen LogP) is 1.97. The van der Waals surface area contributed by atoms with Crippen LogP contribution in [0, 0.1) is 0 Å². The number of imidazole rings is 1. The van der Waals surface area contributed by atoms with E-state index in [0.717, 1.165) is 17.1 Å². The summed E-state index contributed by atoms with van der Waals surface area (Å²) in [5.41, 5.74) is 1.65. The topological polar surface area (TPSA) is 76.9 Å². The Bertz CT molecular complexity index is 860. The number of fused-ring (bicyclic) bond motifs is 2. The van der Waals surface area contributed by atoms with Crippen LogP contribution in [-0.2, 0) is 6.54 Å². The molecule has 1 atom stereocenters.